The zero-order chi connectivity index (χ0) is 13.8. The van der Waals surface area contributed by atoms with Gasteiger partial charge in [0.2, 0.25) is 3.79 Å². The van der Waals surface area contributed by atoms with Crippen molar-refractivity contribution in [3.8, 4) is 0 Å². The molecule has 1 amide bonds. The van der Waals surface area contributed by atoms with Crippen LogP contribution in [-0.2, 0) is 4.79 Å². The maximum Gasteiger partial charge on any atom is 0.252 e. The summed E-state index contributed by atoms with van der Waals surface area (Å²) in [6, 6.07) is 6.74. The van der Waals surface area contributed by atoms with E-state index in [4.69, 9.17) is 46.4 Å². The summed E-state index contributed by atoms with van der Waals surface area (Å²) in [7, 11) is 0. The molecule has 0 aliphatic heterocycles. The predicted molar refractivity (Wildman–Crippen MR) is 75.5 cm³/mol. The lowest BCUT2D eigenvalue weighted by Gasteiger charge is -2.24. The summed E-state index contributed by atoms with van der Waals surface area (Å²) >= 11 is 24.0. The quantitative estimate of drug-likeness (QED) is 0.500. The van der Waals surface area contributed by atoms with Gasteiger partial charge in [0.05, 0.1) is 0 Å². The van der Waals surface area contributed by atoms with Crippen LogP contribution in [0.4, 0.5) is 4.39 Å². The largest absolute Gasteiger partial charge is 0.338 e. The van der Waals surface area contributed by atoms with Crippen molar-refractivity contribution in [3.05, 3.63) is 29.3 Å². The zero-order valence-corrected chi connectivity index (χ0v) is 12.6. The minimum atomic E-state index is -1.75. The van der Waals surface area contributed by atoms with Crippen molar-refractivity contribution < 1.29 is 9.18 Å². The fourth-order valence-electron chi connectivity index (χ4n) is 1.01. The van der Waals surface area contributed by atoms with E-state index < -0.39 is 21.7 Å². The Labute approximate surface area is 128 Å². The summed E-state index contributed by atoms with van der Waals surface area (Å²) in [5.74, 6) is -0.840. The number of alkyl halides is 4. The van der Waals surface area contributed by atoms with Crippen LogP contribution in [0.25, 0.3) is 0 Å². The van der Waals surface area contributed by atoms with Crippen molar-refractivity contribution in [1.29, 1.82) is 0 Å². The molecule has 8 heteroatoms. The van der Waals surface area contributed by atoms with E-state index in [2.05, 4.69) is 5.32 Å². The van der Waals surface area contributed by atoms with Crippen LogP contribution in [-0.4, -0.2) is 21.7 Å². The average molecular weight is 351 g/mol. The first-order valence-corrected chi connectivity index (χ1v) is 7.06. The molecule has 1 aromatic rings. The molecular weight excluding hydrogens is 343 g/mol. The van der Waals surface area contributed by atoms with Gasteiger partial charge < -0.3 is 5.32 Å². The summed E-state index contributed by atoms with van der Waals surface area (Å²) < 4.78 is 10.4. The Bertz CT molecular complexity index is 409. The van der Waals surface area contributed by atoms with Crippen LogP contribution in [0.1, 0.15) is 0 Å². The smallest absolute Gasteiger partial charge is 0.252 e. The van der Waals surface area contributed by atoms with Gasteiger partial charge in [-0.3, -0.25) is 4.79 Å². The van der Waals surface area contributed by atoms with Gasteiger partial charge in [-0.05, 0) is 24.3 Å². The molecule has 1 N–H and O–H groups in total. The molecule has 2 nitrogen and oxygen atoms in total. The first-order valence-electron chi connectivity index (χ1n) is 4.67. The van der Waals surface area contributed by atoms with Crippen LogP contribution in [0.3, 0.4) is 0 Å². The number of rotatable bonds is 4. The number of hydrogen-bond donors (Lipinski definition) is 1. The highest BCUT2D eigenvalue weighted by atomic mass is 35.6. The van der Waals surface area contributed by atoms with Gasteiger partial charge >= 0.3 is 0 Å². The van der Waals surface area contributed by atoms with E-state index >= 15 is 0 Å². The minimum absolute atomic E-state index is 0.567. The number of hydrogen-bond acceptors (Lipinski definition) is 2. The summed E-state index contributed by atoms with van der Waals surface area (Å²) in [5, 5.41) is 1.96. The number of amides is 1. The number of carbonyl (C=O) groups excluding carboxylic acids is 1. The molecule has 1 rings (SSSR count). The van der Waals surface area contributed by atoms with Crippen LogP contribution >= 0.6 is 58.2 Å². The highest BCUT2D eigenvalue weighted by Crippen LogP contribution is 2.39. The molecule has 0 aliphatic rings. The molecule has 0 saturated carbocycles. The zero-order valence-electron chi connectivity index (χ0n) is 8.80. The lowest BCUT2D eigenvalue weighted by atomic mass is 10.4. The number of halogens is 5. The first kappa shape index (κ1) is 16.2. The van der Waals surface area contributed by atoms with Crippen LogP contribution < -0.4 is 5.32 Å². The van der Waals surface area contributed by atoms with Crippen LogP contribution in [0.15, 0.2) is 29.2 Å². The van der Waals surface area contributed by atoms with Gasteiger partial charge in [0.1, 0.15) is 5.37 Å². The van der Waals surface area contributed by atoms with E-state index in [1.54, 1.807) is 24.3 Å². The second-order valence-corrected chi connectivity index (χ2v) is 7.18. The Kier molecular flexibility index (Phi) is 6.35. The van der Waals surface area contributed by atoms with E-state index in [0.717, 1.165) is 16.7 Å². The van der Waals surface area contributed by atoms with E-state index in [1.807, 2.05) is 0 Å². The number of benzene rings is 1. The highest BCUT2D eigenvalue weighted by molar-refractivity contribution is 8.00. The van der Waals surface area contributed by atoms with E-state index in [9.17, 15) is 9.18 Å². The van der Waals surface area contributed by atoms with E-state index in [0.29, 0.717) is 5.02 Å². The fraction of sp³-hybridized carbons (Fsp3) is 0.300. The molecule has 1 aromatic carbocycles. The molecule has 0 spiro atoms. The molecular formula is C10H8Cl4FNOS. The van der Waals surface area contributed by atoms with E-state index in [1.165, 1.54) is 0 Å². The molecule has 0 radical (unpaired) electrons. The van der Waals surface area contributed by atoms with Crippen molar-refractivity contribution in [2.75, 3.05) is 6.67 Å². The van der Waals surface area contributed by atoms with Gasteiger partial charge in [-0.25, -0.2) is 4.39 Å². The molecule has 0 heterocycles. The van der Waals surface area contributed by atoms with Crippen LogP contribution in [0.2, 0.25) is 5.02 Å². The van der Waals surface area contributed by atoms with Crippen molar-refractivity contribution >= 4 is 64.1 Å². The summed E-state index contributed by atoms with van der Waals surface area (Å²) in [6.07, 6.45) is 0. The van der Waals surface area contributed by atoms with Gasteiger partial charge in [0.25, 0.3) is 5.91 Å². The van der Waals surface area contributed by atoms with Gasteiger partial charge in [-0.2, -0.15) is 0 Å². The molecule has 1 atom stereocenters. The Morgan fingerprint density at radius 3 is 2.33 bits per heavy atom. The third-order valence-electron chi connectivity index (χ3n) is 1.78. The molecule has 0 saturated heterocycles. The normalized spacial score (nSPS) is 13.2. The Morgan fingerprint density at radius 2 is 1.89 bits per heavy atom. The summed E-state index contributed by atoms with van der Waals surface area (Å²) in [5.41, 5.74) is 0. The number of nitrogens with one attached hydrogen (secondary N) is 1. The molecule has 18 heavy (non-hydrogen) atoms. The molecule has 0 fully saturated rings. The third kappa shape index (κ3) is 5.41. The summed E-state index contributed by atoms with van der Waals surface area (Å²) in [6.45, 7) is -1.17. The van der Waals surface area contributed by atoms with E-state index in [-0.39, 0.29) is 0 Å². The second kappa shape index (κ2) is 7.06. The first-order chi connectivity index (χ1) is 8.32. The molecule has 0 aliphatic carbocycles. The molecule has 0 aromatic heterocycles. The highest BCUT2D eigenvalue weighted by Gasteiger charge is 2.34. The Hall–Kier alpha value is 0.130. The standard InChI is InChI=1S/C10H8Cl4FNOS/c11-6-1-3-7(4-2-6)18-9(10(12,13)14)16-8(17)5-15/h1-4,9H,5H2,(H,16,17)/t9-/m0/s1. The monoisotopic (exact) mass is 349 g/mol. The number of carbonyl (C=O) groups is 1. The van der Waals surface area contributed by atoms with Crippen LogP contribution in [0, 0.1) is 0 Å². The predicted octanol–water partition coefficient (Wildman–Crippen LogP) is 4.21. The molecule has 0 unspecified atom stereocenters. The lowest BCUT2D eigenvalue weighted by Crippen LogP contribution is -2.42. The maximum absolute atomic E-state index is 12.2. The van der Waals surface area contributed by atoms with Gasteiger partial charge in [0.15, 0.2) is 6.67 Å². The van der Waals surface area contributed by atoms with Crippen molar-refractivity contribution in [2.45, 2.75) is 14.1 Å². The fourth-order valence-corrected chi connectivity index (χ4v) is 2.59. The van der Waals surface area contributed by atoms with Crippen LogP contribution in [0.5, 0.6) is 0 Å². The van der Waals surface area contributed by atoms with Crippen molar-refractivity contribution in [3.63, 3.8) is 0 Å². The third-order valence-corrected chi connectivity index (χ3v) is 4.32. The second-order valence-electron chi connectivity index (χ2n) is 3.19. The minimum Gasteiger partial charge on any atom is -0.338 e. The van der Waals surface area contributed by atoms with Gasteiger partial charge in [-0.1, -0.05) is 58.2 Å². The Morgan fingerprint density at radius 1 is 1.33 bits per heavy atom. The Balaban J connectivity index is 2.78. The summed E-state index contributed by atoms with van der Waals surface area (Å²) in [4.78, 5) is 11.7. The van der Waals surface area contributed by atoms with Gasteiger partial charge in [0, 0.05) is 9.92 Å². The lowest BCUT2D eigenvalue weighted by molar-refractivity contribution is -0.122. The van der Waals surface area contributed by atoms with Gasteiger partial charge in [-0.15, -0.1) is 0 Å². The van der Waals surface area contributed by atoms with Crippen molar-refractivity contribution in [2.24, 2.45) is 0 Å². The topological polar surface area (TPSA) is 29.1 Å². The van der Waals surface area contributed by atoms with Crippen molar-refractivity contribution in [1.82, 2.24) is 5.32 Å². The number of thioether (sulfide) groups is 1. The SMILES string of the molecule is O=C(CF)N[C@@H](Sc1ccc(Cl)cc1)C(Cl)(Cl)Cl. The maximum atomic E-state index is 12.2. The molecule has 100 valence electrons. The average Bonchev–Trinajstić information content (AvgIpc) is 2.29. The molecule has 0 bridgehead atoms.